The third-order valence-corrected chi connectivity index (χ3v) is 9.68. The molecule has 4 aromatic rings. The lowest BCUT2D eigenvalue weighted by atomic mass is 9.98. The number of anilines is 3. The number of halogens is 5. The van der Waals surface area contributed by atoms with Crippen molar-refractivity contribution in [3.05, 3.63) is 51.9 Å². The Morgan fingerprint density at radius 2 is 1.96 bits per heavy atom. The maximum absolute atomic E-state index is 17.0. The van der Waals surface area contributed by atoms with Gasteiger partial charge in [0, 0.05) is 30.4 Å². The highest BCUT2D eigenvalue weighted by atomic mass is 35.5. The van der Waals surface area contributed by atoms with Gasteiger partial charge in [0.25, 0.3) is 0 Å². The summed E-state index contributed by atoms with van der Waals surface area (Å²) in [7, 11) is 0. The molecular weight excluding hydrogens is 656 g/mol. The number of nitrogens with two attached hydrogens (primary N) is 2. The minimum absolute atomic E-state index is 0.0208. The lowest BCUT2D eigenvalue weighted by molar-refractivity contribution is -0.137. The van der Waals surface area contributed by atoms with Crippen LogP contribution in [0.1, 0.15) is 42.5 Å². The highest BCUT2D eigenvalue weighted by Crippen LogP contribution is 2.51. The van der Waals surface area contributed by atoms with Crippen LogP contribution in [0.5, 0.6) is 11.8 Å². The number of nitrogen functional groups attached to an aromatic ring is 2. The number of fused-ring (bicyclic) bond motifs is 1. The number of hydrogen-bond donors (Lipinski definition) is 2. The molecule has 0 amide bonds. The molecule has 16 heteroatoms. The van der Waals surface area contributed by atoms with E-state index in [1.807, 2.05) is 17.9 Å². The molecule has 0 radical (unpaired) electrons. The molecular formula is C32H33ClF4N8O3. The summed E-state index contributed by atoms with van der Waals surface area (Å²) in [5.74, 6) is -0.962. The molecule has 48 heavy (non-hydrogen) atoms. The summed E-state index contributed by atoms with van der Waals surface area (Å²) in [6, 6.07) is 4.38. The molecule has 0 aliphatic carbocycles. The van der Waals surface area contributed by atoms with Crippen molar-refractivity contribution in [2.45, 2.75) is 51.0 Å². The first-order valence-corrected chi connectivity index (χ1v) is 15.9. The molecule has 0 unspecified atom stereocenters. The van der Waals surface area contributed by atoms with Gasteiger partial charge in [-0.3, -0.25) is 4.90 Å². The summed E-state index contributed by atoms with van der Waals surface area (Å²) in [5, 5.41) is -0.343. The highest BCUT2D eigenvalue weighted by molar-refractivity contribution is 6.36. The third-order valence-electron chi connectivity index (χ3n) is 9.32. The van der Waals surface area contributed by atoms with Gasteiger partial charge in [-0.15, -0.1) is 0 Å². The molecule has 11 nitrogen and oxygen atoms in total. The van der Waals surface area contributed by atoms with Gasteiger partial charge in [-0.2, -0.15) is 23.1 Å². The Balaban J connectivity index is 1.42. The molecule has 0 bridgehead atoms. The topological polar surface area (TPSA) is 138 Å². The van der Waals surface area contributed by atoms with E-state index >= 15 is 4.39 Å². The Morgan fingerprint density at radius 1 is 1.15 bits per heavy atom. The van der Waals surface area contributed by atoms with Crippen LogP contribution in [-0.4, -0.2) is 76.4 Å². The molecule has 3 atom stereocenters. The highest BCUT2D eigenvalue weighted by Gasteiger charge is 2.41. The van der Waals surface area contributed by atoms with Crippen molar-refractivity contribution in [1.82, 2.24) is 24.8 Å². The minimum Gasteiger partial charge on any atom is -0.489 e. The van der Waals surface area contributed by atoms with Gasteiger partial charge < -0.3 is 30.6 Å². The van der Waals surface area contributed by atoms with Gasteiger partial charge in [0.1, 0.15) is 36.2 Å². The molecule has 7 rings (SSSR count). The third kappa shape index (κ3) is 5.56. The fourth-order valence-corrected chi connectivity index (χ4v) is 7.39. The SMILES string of the molecule is Cc1cc(N)nc(-c2c(Cl)c3c4c(nc(OC[C@H]5CC[C@@H]6COCCN65)nc4c2F)N([C@H](C)c2cccnc2N)CCO3)c1C(F)(F)F. The van der Waals surface area contributed by atoms with Crippen molar-refractivity contribution in [3.63, 3.8) is 0 Å². The zero-order valence-electron chi connectivity index (χ0n) is 26.2. The molecule has 1 aromatic carbocycles. The quantitative estimate of drug-likeness (QED) is 0.246. The number of benzene rings is 1. The van der Waals surface area contributed by atoms with Crippen molar-refractivity contribution in [2.75, 3.05) is 55.9 Å². The average molecular weight is 689 g/mol. The fourth-order valence-electron chi connectivity index (χ4n) is 7.07. The molecule has 0 spiro atoms. The largest absolute Gasteiger partial charge is 0.489 e. The van der Waals surface area contributed by atoms with E-state index in [0.717, 1.165) is 25.5 Å². The van der Waals surface area contributed by atoms with Crippen molar-refractivity contribution < 1.29 is 31.8 Å². The maximum atomic E-state index is 17.0. The van der Waals surface area contributed by atoms with Gasteiger partial charge in [-0.25, -0.2) is 14.4 Å². The van der Waals surface area contributed by atoms with Gasteiger partial charge in [0.05, 0.1) is 53.0 Å². The number of hydrogen-bond acceptors (Lipinski definition) is 11. The Hall–Kier alpha value is -4.21. The van der Waals surface area contributed by atoms with E-state index in [1.165, 1.54) is 6.92 Å². The molecule has 254 valence electrons. The summed E-state index contributed by atoms with van der Waals surface area (Å²) in [5.41, 5.74) is 9.64. The zero-order chi connectivity index (χ0) is 33.9. The average Bonchev–Trinajstić information content (AvgIpc) is 3.35. The number of alkyl halides is 3. The Labute approximate surface area is 278 Å². The lowest BCUT2D eigenvalue weighted by Gasteiger charge is -2.33. The number of aryl methyl sites for hydroxylation is 1. The van der Waals surface area contributed by atoms with Gasteiger partial charge >= 0.3 is 12.2 Å². The van der Waals surface area contributed by atoms with E-state index in [4.69, 9.17) is 42.3 Å². The van der Waals surface area contributed by atoms with E-state index in [-0.39, 0.29) is 71.7 Å². The normalized spacial score (nSPS) is 20.4. The van der Waals surface area contributed by atoms with Crippen molar-refractivity contribution >= 4 is 40.0 Å². The van der Waals surface area contributed by atoms with E-state index < -0.39 is 39.9 Å². The molecule has 4 N–H and O–H groups in total. The van der Waals surface area contributed by atoms with Crippen LogP contribution in [0.4, 0.5) is 35.0 Å². The Morgan fingerprint density at radius 3 is 2.73 bits per heavy atom. The monoisotopic (exact) mass is 688 g/mol. The fraction of sp³-hybridized carbons (Fsp3) is 0.438. The number of pyridine rings is 2. The van der Waals surface area contributed by atoms with Crippen molar-refractivity contribution in [3.8, 4) is 23.0 Å². The van der Waals surface area contributed by atoms with Crippen LogP contribution in [0.3, 0.4) is 0 Å². The smallest absolute Gasteiger partial charge is 0.418 e. The first-order valence-electron chi connectivity index (χ1n) is 15.6. The zero-order valence-corrected chi connectivity index (χ0v) is 26.9. The second-order valence-electron chi connectivity index (χ2n) is 12.2. The lowest BCUT2D eigenvalue weighted by Crippen LogP contribution is -2.46. The van der Waals surface area contributed by atoms with Gasteiger partial charge in [-0.1, -0.05) is 17.7 Å². The summed E-state index contributed by atoms with van der Waals surface area (Å²) < 4.78 is 78.1. The van der Waals surface area contributed by atoms with E-state index in [0.29, 0.717) is 24.6 Å². The predicted molar refractivity (Wildman–Crippen MR) is 172 cm³/mol. The van der Waals surface area contributed by atoms with E-state index in [9.17, 15) is 13.2 Å². The van der Waals surface area contributed by atoms with Crippen molar-refractivity contribution in [1.29, 1.82) is 0 Å². The van der Waals surface area contributed by atoms with Crippen LogP contribution in [0.25, 0.3) is 22.2 Å². The number of nitrogens with zero attached hydrogens (tertiary/aromatic N) is 6. The first-order chi connectivity index (χ1) is 22.9. The predicted octanol–water partition coefficient (Wildman–Crippen LogP) is 5.57. The Bertz CT molecular complexity index is 1900. The molecule has 2 fully saturated rings. The van der Waals surface area contributed by atoms with Crippen LogP contribution < -0.4 is 25.8 Å². The summed E-state index contributed by atoms with van der Waals surface area (Å²) in [6.45, 7) is 5.58. The minimum atomic E-state index is -4.90. The number of aromatic nitrogens is 4. The molecule has 2 saturated heterocycles. The van der Waals surface area contributed by atoms with Crippen LogP contribution in [0.2, 0.25) is 5.02 Å². The summed E-state index contributed by atoms with van der Waals surface area (Å²) >= 11 is 6.79. The standard InChI is InChI=1S/C32H33ClF4N8O3/c1-15-12-20(38)41-26(23(15)32(35,36)37)21-24(33)28-22-27(25(21)34)42-31(48-14-18-6-5-17-13-46-10-8-45(17)18)43-30(22)44(9-11-47-28)16(2)19-4-3-7-40-29(19)39/h3-4,7,12,16-18H,5-6,8-11,13-14H2,1-2H3,(H2,38,41)(H2,39,40)/t16-,17-,18-/m1/s1. The summed E-state index contributed by atoms with van der Waals surface area (Å²) in [4.78, 5) is 21.5. The first kappa shape index (κ1) is 32.3. The van der Waals surface area contributed by atoms with Crippen molar-refractivity contribution in [2.24, 2.45) is 0 Å². The van der Waals surface area contributed by atoms with Gasteiger partial charge in [-0.05, 0) is 44.4 Å². The molecule has 3 aromatic heterocycles. The summed E-state index contributed by atoms with van der Waals surface area (Å²) in [6.07, 6.45) is -1.52. The maximum Gasteiger partial charge on any atom is 0.418 e. The number of ether oxygens (including phenoxy) is 3. The second-order valence-corrected chi connectivity index (χ2v) is 12.6. The van der Waals surface area contributed by atoms with Crippen LogP contribution in [0, 0.1) is 12.7 Å². The van der Waals surface area contributed by atoms with Gasteiger partial charge in [0.2, 0.25) is 0 Å². The Kier molecular flexibility index (Phi) is 8.32. The molecule has 6 heterocycles. The van der Waals surface area contributed by atoms with E-state index in [2.05, 4.69) is 19.9 Å². The van der Waals surface area contributed by atoms with Crippen LogP contribution in [-0.2, 0) is 10.9 Å². The van der Waals surface area contributed by atoms with Gasteiger partial charge in [0.15, 0.2) is 11.6 Å². The number of rotatable bonds is 6. The van der Waals surface area contributed by atoms with Crippen LogP contribution >= 0.6 is 11.6 Å². The molecule has 3 aliphatic heterocycles. The van der Waals surface area contributed by atoms with E-state index in [1.54, 1.807) is 12.3 Å². The molecule has 0 saturated carbocycles. The second kappa shape index (κ2) is 12.3. The molecule has 3 aliphatic rings. The van der Waals surface area contributed by atoms with Crippen LogP contribution in [0.15, 0.2) is 24.4 Å². The number of morpholine rings is 1.